The van der Waals surface area contributed by atoms with E-state index in [-0.39, 0.29) is 0 Å². The van der Waals surface area contributed by atoms with E-state index in [2.05, 4.69) is 4.90 Å². The molecular weight excluding hydrogens is 164 g/mol. The number of hydrogen-bond acceptors (Lipinski definition) is 2. The fraction of sp³-hybridized carbons (Fsp3) is 0.900. The molecule has 1 radical (unpaired) electrons. The fourth-order valence-corrected chi connectivity index (χ4v) is 2.41. The maximum atomic E-state index is 10.6. The normalized spacial score (nSPS) is 29.8. The average Bonchev–Trinajstić information content (AvgIpc) is 2.76. The topological polar surface area (TPSA) is 23.6 Å². The Labute approximate surface area is 79.7 Å². The molecule has 0 unspecified atom stereocenters. The van der Waals surface area contributed by atoms with Gasteiger partial charge in [0.05, 0.1) is 0 Å². The monoisotopic (exact) mass is 181 g/mol. The summed E-state index contributed by atoms with van der Waals surface area (Å²) < 4.78 is 0. The summed E-state index contributed by atoms with van der Waals surface area (Å²) in [5, 5.41) is 0. The summed E-state index contributed by atoms with van der Waals surface area (Å²) in [5.74, 6) is 0. The molecule has 0 aromatic rings. The predicted molar refractivity (Wildman–Crippen MR) is 51.1 cm³/mol. The molecule has 0 aliphatic carbocycles. The fourth-order valence-electron chi connectivity index (χ4n) is 2.41. The van der Waals surface area contributed by atoms with Gasteiger partial charge in [-0.3, -0.25) is 4.79 Å². The van der Waals surface area contributed by atoms with Crippen LogP contribution < -0.4 is 0 Å². The minimum atomic E-state index is 0.454. The largest absolute Gasteiger partial charge is 0.330 e. The Morgan fingerprint density at radius 2 is 1.92 bits per heavy atom. The van der Waals surface area contributed by atoms with Crippen LogP contribution in [0, 0.1) is 0 Å². The van der Waals surface area contributed by atoms with Crippen molar-refractivity contribution in [3.8, 4) is 0 Å². The van der Waals surface area contributed by atoms with Crippen LogP contribution in [0.3, 0.4) is 0 Å². The highest BCUT2D eigenvalue weighted by molar-refractivity contribution is 5.49. The zero-order valence-electron chi connectivity index (χ0n) is 8.04. The van der Waals surface area contributed by atoms with Crippen LogP contribution >= 0.6 is 0 Å². The van der Waals surface area contributed by atoms with Crippen LogP contribution in [-0.4, -0.2) is 48.4 Å². The third-order valence-corrected chi connectivity index (χ3v) is 3.16. The summed E-state index contributed by atoms with van der Waals surface area (Å²) in [7, 11) is 0. The second-order valence-corrected chi connectivity index (χ2v) is 4.09. The lowest BCUT2D eigenvalue weighted by Gasteiger charge is -2.24. The molecule has 2 saturated heterocycles. The molecule has 0 bridgehead atoms. The molecular formula is C10H17N2O. The van der Waals surface area contributed by atoms with Crippen LogP contribution in [0.25, 0.3) is 0 Å². The predicted octanol–water partition coefficient (Wildman–Crippen LogP) is 0.614. The summed E-state index contributed by atoms with van der Waals surface area (Å²) in [6.07, 6.45) is 7.04. The molecule has 0 spiro atoms. The first kappa shape index (κ1) is 9.00. The number of likely N-dealkylation sites (tertiary alicyclic amines) is 2. The van der Waals surface area contributed by atoms with Crippen molar-refractivity contribution >= 4 is 6.41 Å². The van der Waals surface area contributed by atoms with Gasteiger partial charge in [0.2, 0.25) is 0 Å². The second-order valence-electron chi connectivity index (χ2n) is 4.09. The number of carbonyl (C=O) groups excluding carboxylic acids is 1. The van der Waals surface area contributed by atoms with E-state index >= 15 is 0 Å². The van der Waals surface area contributed by atoms with Gasteiger partial charge in [-0.05, 0) is 38.8 Å². The Balaban J connectivity index is 1.82. The van der Waals surface area contributed by atoms with Gasteiger partial charge in [-0.2, -0.15) is 0 Å². The van der Waals surface area contributed by atoms with Crippen LogP contribution in [0.4, 0.5) is 0 Å². The van der Waals surface area contributed by atoms with Crippen molar-refractivity contribution in [3.63, 3.8) is 0 Å². The quantitative estimate of drug-likeness (QED) is 0.637. The van der Waals surface area contributed by atoms with Gasteiger partial charge in [0.1, 0.15) is 0 Å². The Hall–Kier alpha value is -0.570. The van der Waals surface area contributed by atoms with E-state index in [9.17, 15) is 4.79 Å². The summed E-state index contributed by atoms with van der Waals surface area (Å²) >= 11 is 0. The molecule has 73 valence electrons. The van der Waals surface area contributed by atoms with Crippen molar-refractivity contribution in [1.82, 2.24) is 9.80 Å². The molecule has 2 aliphatic rings. The molecule has 3 heteroatoms. The van der Waals surface area contributed by atoms with Crippen LogP contribution in [0.2, 0.25) is 0 Å². The molecule has 2 rings (SSSR count). The van der Waals surface area contributed by atoms with Gasteiger partial charge in [0, 0.05) is 19.1 Å². The maximum absolute atomic E-state index is 10.6. The molecule has 1 amide bonds. The van der Waals surface area contributed by atoms with E-state index in [4.69, 9.17) is 0 Å². The number of hydrogen-bond donors (Lipinski definition) is 0. The second kappa shape index (κ2) is 4.09. The number of rotatable bonds is 3. The van der Waals surface area contributed by atoms with Crippen molar-refractivity contribution in [2.24, 2.45) is 0 Å². The lowest BCUT2D eigenvalue weighted by atomic mass is 10.2. The molecule has 0 aromatic carbocycles. The van der Waals surface area contributed by atoms with E-state index in [0.717, 1.165) is 19.5 Å². The lowest BCUT2D eigenvalue weighted by Crippen LogP contribution is -2.38. The Morgan fingerprint density at radius 1 is 1.15 bits per heavy atom. The van der Waals surface area contributed by atoms with Gasteiger partial charge < -0.3 is 9.80 Å². The molecule has 13 heavy (non-hydrogen) atoms. The van der Waals surface area contributed by atoms with Crippen LogP contribution in [-0.2, 0) is 4.79 Å². The minimum absolute atomic E-state index is 0.454. The SMILES string of the molecule is O=[C]N1CCC[C@H]1CN1CCCC1. The minimum Gasteiger partial charge on any atom is -0.330 e. The standard InChI is InChI=1S/C10H17N2O/c13-9-12-7-3-4-10(12)8-11-5-1-2-6-11/h10H,1-8H2/t10-/m0/s1. The van der Waals surface area contributed by atoms with Crippen LogP contribution in [0.1, 0.15) is 25.7 Å². The van der Waals surface area contributed by atoms with Crippen molar-refractivity contribution in [1.29, 1.82) is 0 Å². The molecule has 0 N–H and O–H groups in total. The van der Waals surface area contributed by atoms with Crippen molar-refractivity contribution < 1.29 is 4.79 Å². The Morgan fingerprint density at radius 3 is 2.62 bits per heavy atom. The molecule has 0 saturated carbocycles. The Bertz CT molecular complexity index is 178. The number of amides is 1. The summed E-state index contributed by atoms with van der Waals surface area (Å²) in [6.45, 7) is 4.45. The van der Waals surface area contributed by atoms with E-state index in [1.165, 1.54) is 32.4 Å². The van der Waals surface area contributed by atoms with Gasteiger partial charge in [0.15, 0.2) is 0 Å². The first-order valence-electron chi connectivity index (χ1n) is 5.27. The highest BCUT2D eigenvalue weighted by Gasteiger charge is 2.26. The summed E-state index contributed by atoms with van der Waals surface area (Å²) in [5.41, 5.74) is 0. The zero-order chi connectivity index (χ0) is 9.10. The molecule has 2 heterocycles. The molecule has 2 fully saturated rings. The molecule has 2 aliphatic heterocycles. The van der Waals surface area contributed by atoms with Crippen LogP contribution in [0.5, 0.6) is 0 Å². The zero-order valence-corrected chi connectivity index (χ0v) is 8.04. The first-order valence-corrected chi connectivity index (χ1v) is 5.27. The van der Waals surface area contributed by atoms with Crippen molar-refractivity contribution in [2.75, 3.05) is 26.2 Å². The molecule has 3 nitrogen and oxygen atoms in total. The van der Waals surface area contributed by atoms with Crippen molar-refractivity contribution in [3.05, 3.63) is 0 Å². The van der Waals surface area contributed by atoms with E-state index in [0.29, 0.717) is 6.04 Å². The van der Waals surface area contributed by atoms with Gasteiger partial charge in [-0.15, -0.1) is 0 Å². The van der Waals surface area contributed by atoms with E-state index < -0.39 is 0 Å². The van der Waals surface area contributed by atoms with Crippen LogP contribution in [0.15, 0.2) is 0 Å². The number of nitrogens with zero attached hydrogens (tertiary/aromatic N) is 2. The highest BCUT2D eigenvalue weighted by atomic mass is 16.1. The van der Waals surface area contributed by atoms with E-state index in [1.807, 2.05) is 11.3 Å². The highest BCUT2D eigenvalue weighted by Crippen LogP contribution is 2.18. The van der Waals surface area contributed by atoms with E-state index in [1.54, 1.807) is 0 Å². The third kappa shape index (κ3) is 2.02. The maximum Gasteiger partial charge on any atom is 0.312 e. The third-order valence-electron chi connectivity index (χ3n) is 3.16. The first-order chi connectivity index (χ1) is 6.40. The molecule has 1 atom stereocenters. The lowest BCUT2D eigenvalue weighted by molar-refractivity contribution is 0.246. The molecule has 0 aromatic heterocycles. The van der Waals surface area contributed by atoms with Gasteiger partial charge in [-0.25, -0.2) is 0 Å². The Kier molecular flexibility index (Phi) is 2.83. The average molecular weight is 181 g/mol. The van der Waals surface area contributed by atoms with Crippen molar-refractivity contribution in [2.45, 2.75) is 31.7 Å². The smallest absolute Gasteiger partial charge is 0.312 e. The van der Waals surface area contributed by atoms with Gasteiger partial charge in [-0.1, -0.05) is 0 Å². The van der Waals surface area contributed by atoms with Gasteiger partial charge in [0.25, 0.3) is 0 Å². The summed E-state index contributed by atoms with van der Waals surface area (Å²) in [4.78, 5) is 14.9. The van der Waals surface area contributed by atoms with Gasteiger partial charge >= 0.3 is 6.41 Å². The summed E-state index contributed by atoms with van der Waals surface area (Å²) in [6, 6.07) is 0.454.